The molecule has 0 unspecified atom stereocenters. The Bertz CT molecular complexity index is 852. The Hall–Kier alpha value is -3.05. The zero-order chi connectivity index (χ0) is 19.3. The molecule has 0 bridgehead atoms. The van der Waals surface area contributed by atoms with Crippen molar-refractivity contribution in [2.75, 3.05) is 6.54 Å². The summed E-state index contributed by atoms with van der Waals surface area (Å²) in [6.07, 6.45) is 0.494. The number of aryl methyl sites for hydroxylation is 2. The SMILES string of the molecule is Cc1cc(C)nc(CCNC(=O)C(O)(c2ccccc2)c2ccccc2)n1. The number of nitrogens with zero attached hydrogens (tertiary/aromatic N) is 2. The van der Waals surface area contributed by atoms with Crippen molar-refractivity contribution >= 4 is 5.91 Å². The third-order valence-electron chi connectivity index (χ3n) is 4.37. The fraction of sp³-hybridized carbons (Fsp3) is 0.227. The van der Waals surface area contributed by atoms with E-state index in [4.69, 9.17) is 0 Å². The van der Waals surface area contributed by atoms with Crippen molar-refractivity contribution in [3.05, 3.63) is 95.1 Å². The number of aromatic nitrogens is 2. The fourth-order valence-corrected chi connectivity index (χ4v) is 3.11. The molecule has 3 aromatic rings. The van der Waals surface area contributed by atoms with Crippen molar-refractivity contribution in [3.63, 3.8) is 0 Å². The molecule has 5 nitrogen and oxygen atoms in total. The van der Waals surface area contributed by atoms with Crippen LogP contribution in [-0.2, 0) is 16.8 Å². The highest BCUT2D eigenvalue weighted by atomic mass is 16.3. The average molecular weight is 361 g/mol. The Balaban J connectivity index is 1.80. The van der Waals surface area contributed by atoms with E-state index in [-0.39, 0.29) is 0 Å². The largest absolute Gasteiger partial charge is 0.372 e. The fourth-order valence-electron chi connectivity index (χ4n) is 3.11. The first-order valence-corrected chi connectivity index (χ1v) is 8.93. The summed E-state index contributed by atoms with van der Waals surface area (Å²) in [5.41, 5.74) is 1.09. The van der Waals surface area contributed by atoms with Crippen molar-refractivity contribution in [2.45, 2.75) is 25.9 Å². The second kappa shape index (κ2) is 8.10. The molecule has 1 heterocycles. The van der Waals surface area contributed by atoms with Crippen LogP contribution in [0.15, 0.2) is 66.7 Å². The standard InChI is InChI=1S/C22H23N3O2/c1-16-15-17(2)25-20(24-16)13-14-23-21(26)22(27,18-9-5-3-6-10-18)19-11-7-4-8-12-19/h3-12,15,27H,13-14H2,1-2H3,(H,23,26). The van der Waals surface area contributed by atoms with Gasteiger partial charge in [-0.3, -0.25) is 4.79 Å². The van der Waals surface area contributed by atoms with Crippen molar-refractivity contribution in [1.82, 2.24) is 15.3 Å². The summed E-state index contributed by atoms with van der Waals surface area (Å²) >= 11 is 0. The van der Waals surface area contributed by atoms with Gasteiger partial charge in [0.1, 0.15) is 5.82 Å². The van der Waals surface area contributed by atoms with Crippen LogP contribution in [0.5, 0.6) is 0 Å². The van der Waals surface area contributed by atoms with Crippen LogP contribution in [-0.4, -0.2) is 27.5 Å². The van der Waals surface area contributed by atoms with Gasteiger partial charge in [0.2, 0.25) is 0 Å². The maximum atomic E-state index is 13.0. The second-order valence-electron chi connectivity index (χ2n) is 6.52. The second-order valence-corrected chi connectivity index (χ2v) is 6.52. The maximum absolute atomic E-state index is 13.0. The van der Waals surface area contributed by atoms with Gasteiger partial charge in [0.25, 0.3) is 5.91 Å². The van der Waals surface area contributed by atoms with Crippen LogP contribution >= 0.6 is 0 Å². The smallest absolute Gasteiger partial charge is 0.261 e. The normalized spacial score (nSPS) is 11.2. The van der Waals surface area contributed by atoms with Crippen LogP contribution in [0.4, 0.5) is 0 Å². The van der Waals surface area contributed by atoms with E-state index in [1.807, 2.05) is 32.0 Å². The molecule has 0 aliphatic carbocycles. The summed E-state index contributed by atoms with van der Waals surface area (Å²) in [5, 5.41) is 14.2. The monoisotopic (exact) mass is 361 g/mol. The summed E-state index contributed by atoms with van der Waals surface area (Å²) in [4.78, 5) is 21.8. The van der Waals surface area contributed by atoms with E-state index in [1.165, 1.54) is 0 Å². The molecule has 1 amide bonds. The average Bonchev–Trinajstić information content (AvgIpc) is 2.68. The van der Waals surface area contributed by atoms with Gasteiger partial charge < -0.3 is 10.4 Å². The van der Waals surface area contributed by atoms with Gasteiger partial charge in [-0.1, -0.05) is 60.7 Å². The molecule has 5 heteroatoms. The molecule has 2 aromatic carbocycles. The first kappa shape index (κ1) is 18.7. The zero-order valence-electron chi connectivity index (χ0n) is 15.5. The Morgan fingerprint density at radius 3 is 1.89 bits per heavy atom. The molecule has 1 aromatic heterocycles. The van der Waals surface area contributed by atoms with Crippen LogP contribution in [0.2, 0.25) is 0 Å². The van der Waals surface area contributed by atoms with E-state index in [0.717, 1.165) is 11.4 Å². The minimum atomic E-state index is -1.76. The molecular formula is C22H23N3O2. The van der Waals surface area contributed by atoms with Gasteiger partial charge in [-0.25, -0.2) is 9.97 Å². The molecule has 138 valence electrons. The number of carbonyl (C=O) groups excluding carboxylic acids is 1. The van der Waals surface area contributed by atoms with Gasteiger partial charge in [-0.05, 0) is 31.0 Å². The molecular weight excluding hydrogens is 338 g/mol. The van der Waals surface area contributed by atoms with Crippen LogP contribution in [0.1, 0.15) is 28.3 Å². The topological polar surface area (TPSA) is 75.1 Å². The molecule has 0 atom stereocenters. The van der Waals surface area contributed by atoms with Gasteiger partial charge in [-0.15, -0.1) is 0 Å². The van der Waals surface area contributed by atoms with Gasteiger partial charge >= 0.3 is 0 Å². The van der Waals surface area contributed by atoms with Gasteiger partial charge in [0, 0.05) is 24.4 Å². The number of benzene rings is 2. The summed E-state index contributed by atoms with van der Waals surface area (Å²) in [7, 11) is 0. The molecule has 0 fully saturated rings. The number of nitrogens with one attached hydrogen (secondary N) is 1. The Morgan fingerprint density at radius 1 is 0.926 bits per heavy atom. The van der Waals surface area contributed by atoms with Crippen molar-refractivity contribution in [2.24, 2.45) is 0 Å². The number of amides is 1. The molecule has 0 aliphatic heterocycles. The minimum absolute atomic E-state index is 0.337. The maximum Gasteiger partial charge on any atom is 0.261 e. The lowest BCUT2D eigenvalue weighted by molar-refractivity contribution is -0.136. The molecule has 3 rings (SSSR count). The summed E-state index contributed by atoms with van der Waals surface area (Å²) in [6.45, 7) is 4.17. The number of rotatable bonds is 6. The Labute approximate surface area is 159 Å². The quantitative estimate of drug-likeness (QED) is 0.708. The van der Waals surface area contributed by atoms with Crippen molar-refractivity contribution in [3.8, 4) is 0 Å². The van der Waals surface area contributed by atoms with Crippen LogP contribution < -0.4 is 5.32 Å². The van der Waals surface area contributed by atoms with E-state index in [1.54, 1.807) is 48.5 Å². The highest BCUT2D eigenvalue weighted by Gasteiger charge is 2.39. The first-order valence-electron chi connectivity index (χ1n) is 8.93. The van der Waals surface area contributed by atoms with Crippen molar-refractivity contribution in [1.29, 1.82) is 0 Å². The van der Waals surface area contributed by atoms with E-state index >= 15 is 0 Å². The summed E-state index contributed by atoms with van der Waals surface area (Å²) in [6, 6.07) is 19.8. The predicted molar refractivity (Wildman–Crippen MR) is 104 cm³/mol. The molecule has 0 saturated heterocycles. The van der Waals surface area contributed by atoms with Crippen molar-refractivity contribution < 1.29 is 9.90 Å². The highest BCUT2D eigenvalue weighted by molar-refractivity contribution is 5.90. The number of hydrogen-bond acceptors (Lipinski definition) is 4. The van der Waals surface area contributed by atoms with E-state index in [0.29, 0.717) is 29.9 Å². The predicted octanol–water partition coefficient (Wildman–Crippen LogP) is 2.69. The number of aliphatic hydroxyl groups is 1. The lowest BCUT2D eigenvalue weighted by Gasteiger charge is -2.28. The Morgan fingerprint density at radius 2 is 1.41 bits per heavy atom. The first-order chi connectivity index (χ1) is 13.0. The lowest BCUT2D eigenvalue weighted by Crippen LogP contribution is -2.46. The number of hydrogen-bond donors (Lipinski definition) is 2. The molecule has 0 spiro atoms. The molecule has 0 aliphatic rings. The minimum Gasteiger partial charge on any atom is -0.372 e. The van der Waals surface area contributed by atoms with E-state index < -0.39 is 11.5 Å². The molecule has 2 N–H and O–H groups in total. The zero-order valence-corrected chi connectivity index (χ0v) is 15.5. The lowest BCUT2D eigenvalue weighted by atomic mass is 9.85. The van der Waals surface area contributed by atoms with Gasteiger partial charge in [-0.2, -0.15) is 0 Å². The highest BCUT2D eigenvalue weighted by Crippen LogP contribution is 2.29. The van der Waals surface area contributed by atoms with Gasteiger partial charge in [0.15, 0.2) is 5.60 Å². The third-order valence-corrected chi connectivity index (χ3v) is 4.37. The van der Waals surface area contributed by atoms with Crippen LogP contribution in [0.3, 0.4) is 0 Å². The van der Waals surface area contributed by atoms with Crippen LogP contribution in [0.25, 0.3) is 0 Å². The number of carbonyl (C=O) groups is 1. The summed E-state index contributed by atoms with van der Waals surface area (Å²) < 4.78 is 0. The molecule has 0 saturated carbocycles. The third kappa shape index (κ3) is 4.20. The Kier molecular flexibility index (Phi) is 5.62. The van der Waals surface area contributed by atoms with Crippen LogP contribution in [0, 0.1) is 13.8 Å². The van der Waals surface area contributed by atoms with E-state index in [9.17, 15) is 9.90 Å². The van der Waals surface area contributed by atoms with Gasteiger partial charge in [0.05, 0.1) is 0 Å². The van der Waals surface area contributed by atoms with E-state index in [2.05, 4.69) is 15.3 Å². The molecule has 27 heavy (non-hydrogen) atoms. The molecule has 0 radical (unpaired) electrons. The summed E-state index contributed by atoms with van der Waals surface area (Å²) in [5.74, 6) is 0.208.